The normalized spacial score (nSPS) is 11.7. The van der Waals surface area contributed by atoms with E-state index in [0.717, 1.165) is 22.0 Å². The molecule has 1 aromatic carbocycles. The van der Waals surface area contributed by atoms with Crippen molar-refractivity contribution in [1.82, 2.24) is 4.98 Å². The van der Waals surface area contributed by atoms with Crippen LogP contribution in [0.2, 0.25) is 0 Å². The van der Waals surface area contributed by atoms with Gasteiger partial charge in [-0.05, 0) is 0 Å². The highest BCUT2D eigenvalue weighted by atomic mass is 32.1. The van der Waals surface area contributed by atoms with Crippen molar-refractivity contribution in [3.8, 4) is 0 Å². The first-order valence-corrected chi connectivity index (χ1v) is 6.92. The third-order valence-electron chi connectivity index (χ3n) is 2.65. The van der Waals surface area contributed by atoms with Gasteiger partial charge in [0.15, 0.2) is 17.5 Å². The molecule has 2 rings (SSSR count). The Hall–Kier alpha value is -1.56. The number of anilines is 1. The molecule has 0 aliphatic rings. The van der Waals surface area contributed by atoms with Gasteiger partial charge in [-0.25, -0.2) is 18.2 Å². The molecular weight excluding hydrogens is 285 g/mol. The van der Waals surface area contributed by atoms with Crippen molar-refractivity contribution in [2.75, 3.05) is 5.32 Å². The van der Waals surface area contributed by atoms with E-state index in [9.17, 15) is 13.2 Å². The smallest absolute Gasteiger partial charge is 0.194 e. The van der Waals surface area contributed by atoms with Crippen LogP contribution >= 0.6 is 11.3 Å². The fourth-order valence-corrected chi connectivity index (χ4v) is 2.49. The van der Waals surface area contributed by atoms with Gasteiger partial charge in [0.05, 0.1) is 11.6 Å². The second kappa shape index (κ2) is 5.44. The molecule has 6 heteroatoms. The Morgan fingerprint density at radius 3 is 2.25 bits per heavy atom. The molecule has 2 aromatic rings. The van der Waals surface area contributed by atoms with E-state index in [0.29, 0.717) is 6.54 Å². The fourth-order valence-electron chi connectivity index (χ4n) is 1.58. The molecule has 0 radical (unpaired) electrons. The molecule has 20 heavy (non-hydrogen) atoms. The molecule has 0 fully saturated rings. The molecule has 0 spiro atoms. The van der Waals surface area contributed by atoms with Crippen LogP contribution in [0, 0.1) is 17.5 Å². The molecule has 2 nitrogen and oxygen atoms in total. The van der Waals surface area contributed by atoms with Crippen molar-refractivity contribution < 1.29 is 13.2 Å². The summed E-state index contributed by atoms with van der Waals surface area (Å²) in [5.41, 5.74) is 0.170. The Balaban J connectivity index is 2.08. The Kier molecular flexibility index (Phi) is 4.04. The van der Waals surface area contributed by atoms with Gasteiger partial charge in [0.25, 0.3) is 0 Å². The van der Waals surface area contributed by atoms with Crippen molar-refractivity contribution >= 4 is 17.0 Å². The molecular formula is C14H15F3N2S. The lowest BCUT2D eigenvalue weighted by molar-refractivity contribution is 0.447. The van der Waals surface area contributed by atoms with Crippen molar-refractivity contribution in [1.29, 1.82) is 0 Å². The average Bonchev–Trinajstić information content (AvgIpc) is 2.82. The molecule has 0 atom stereocenters. The number of halogens is 3. The quantitative estimate of drug-likeness (QED) is 0.846. The molecule has 1 N–H and O–H groups in total. The summed E-state index contributed by atoms with van der Waals surface area (Å²) >= 11 is 1.54. The van der Waals surface area contributed by atoms with Crippen LogP contribution in [-0.2, 0) is 12.0 Å². The molecule has 0 aliphatic carbocycles. The molecule has 0 bridgehead atoms. The van der Waals surface area contributed by atoms with E-state index in [2.05, 4.69) is 31.1 Å². The zero-order valence-corrected chi connectivity index (χ0v) is 12.2. The van der Waals surface area contributed by atoms with Gasteiger partial charge in [-0.1, -0.05) is 20.8 Å². The Morgan fingerprint density at radius 1 is 1.15 bits per heavy atom. The van der Waals surface area contributed by atoms with Crippen LogP contribution in [0.4, 0.5) is 18.9 Å². The van der Waals surface area contributed by atoms with Crippen molar-refractivity contribution in [3.05, 3.63) is 45.7 Å². The minimum atomic E-state index is -1.46. The van der Waals surface area contributed by atoms with Crippen LogP contribution in [0.15, 0.2) is 18.3 Å². The van der Waals surface area contributed by atoms with Gasteiger partial charge in [-0.3, -0.25) is 0 Å². The van der Waals surface area contributed by atoms with Crippen LogP contribution in [0.5, 0.6) is 0 Å². The first-order chi connectivity index (χ1) is 9.27. The van der Waals surface area contributed by atoms with Gasteiger partial charge >= 0.3 is 0 Å². The predicted octanol–water partition coefficient (Wildman–Crippen LogP) is 4.47. The van der Waals surface area contributed by atoms with E-state index in [4.69, 9.17) is 0 Å². The molecule has 1 aromatic heterocycles. The molecule has 0 unspecified atom stereocenters. The number of nitrogens with zero attached hydrogens (tertiary/aromatic N) is 1. The van der Waals surface area contributed by atoms with Crippen LogP contribution < -0.4 is 5.32 Å². The van der Waals surface area contributed by atoms with Gasteiger partial charge in [-0.15, -0.1) is 11.3 Å². The van der Waals surface area contributed by atoms with Gasteiger partial charge in [-0.2, -0.15) is 0 Å². The lowest BCUT2D eigenvalue weighted by atomic mass is 9.98. The Labute approximate surface area is 119 Å². The van der Waals surface area contributed by atoms with Gasteiger partial charge in [0, 0.05) is 34.3 Å². The number of thiazole rings is 1. The Morgan fingerprint density at radius 2 is 1.75 bits per heavy atom. The third kappa shape index (κ3) is 3.30. The minimum Gasteiger partial charge on any atom is -0.380 e. The van der Waals surface area contributed by atoms with E-state index in [1.54, 1.807) is 6.20 Å². The Bertz CT molecular complexity index is 594. The van der Waals surface area contributed by atoms with E-state index in [1.165, 1.54) is 11.3 Å². The summed E-state index contributed by atoms with van der Waals surface area (Å²) < 4.78 is 38.9. The summed E-state index contributed by atoms with van der Waals surface area (Å²) in [7, 11) is 0. The summed E-state index contributed by atoms with van der Waals surface area (Å²) in [6, 6.07) is 1.87. The lowest BCUT2D eigenvalue weighted by Gasteiger charge is -2.13. The third-order valence-corrected chi connectivity index (χ3v) is 4.07. The molecule has 1 heterocycles. The number of hydrogen-bond donors (Lipinski definition) is 1. The monoisotopic (exact) mass is 300 g/mol. The SMILES string of the molecule is CC(C)(C)c1ncc(CNc2cc(F)c(F)c(F)c2)s1. The zero-order chi connectivity index (χ0) is 14.9. The number of aromatic nitrogens is 1. The molecule has 0 saturated carbocycles. The molecule has 0 amide bonds. The first-order valence-electron chi connectivity index (χ1n) is 6.11. The van der Waals surface area contributed by atoms with Crippen molar-refractivity contribution in [2.45, 2.75) is 32.7 Å². The highest BCUT2D eigenvalue weighted by Crippen LogP contribution is 2.27. The molecule has 108 valence electrons. The topological polar surface area (TPSA) is 24.9 Å². The first kappa shape index (κ1) is 14.8. The van der Waals surface area contributed by atoms with Crippen molar-refractivity contribution in [3.63, 3.8) is 0 Å². The van der Waals surface area contributed by atoms with E-state index in [1.807, 2.05) is 0 Å². The highest BCUT2D eigenvalue weighted by Gasteiger charge is 2.18. The second-order valence-electron chi connectivity index (χ2n) is 5.49. The summed E-state index contributed by atoms with van der Waals surface area (Å²) in [6.07, 6.45) is 1.73. The minimum absolute atomic E-state index is 0.0307. The van der Waals surface area contributed by atoms with Crippen LogP contribution in [0.1, 0.15) is 30.7 Å². The van der Waals surface area contributed by atoms with Crippen LogP contribution in [0.3, 0.4) is 0 Å². The average molecular weight is 300 g/mol. The second-order valence-corrected chi connectivity index (χ2v) is 6.60. The lowest BCUT2D eigenvalue weighted by Crippen LogP contribution is -2.09. The maximum atomic E-state index is 13.1. The zero-order valence-electron chi connectivity index (χ0n) is 11.4. The van der Waals surface area contributed by atoms with Crippen LogP contribution in [-0.4, -0.2) is 4.98 Å². The highest BCUT2D eigenvalue weighted by molar-refractivity contribution is 7.11. The predicted molar refractivity (Wildman–Crippen MR) is 74.5 cm³/mol. The number of rotatable bonds is 3. The summed E-state index contributed by atoms with van der Waals surface area (Å²) in [5.74, 6) is -3.86. The fraction of sp³-hybridized carbons (Fsp3) is 0.357. The van der Waals surface area contributed by atoms with Gasteiger partial charge in [0.2, 0.25) is 0 Å². The number of hydrogen-bond acceptors (Lipinski definition) is 3. The summed E-state index contributed by atoms with van der Waals surface area (Å²) in [4.78, 5) is 5.26. The maximum absolute atomic E-state index is 13.1. The summed E-state index contributed by atoms with van der Waals surface area (Å²) in [5, 5.41) is 3.85. The van der Waals surface area contributed by atoms with Crippen molar-refractivity contribution in [2.24, 2.45) is 0 Å². The number of nitrogens with one attached hydrogen (secondary N) is 1. The van der Waals surface area contributed by atoms with Gasteiger partial charge in [0.1, 0.15) is 0 Å². The maximum Gasteiger partial charge on any atom is 0.194 e. The number of benzene rings is 1. The van der Waals surface area contributed by atoms with Gasteiger partial charge < -0.3 is 5.32 Å². The summed E-state index contributed by atoms with van der Waals surface area (Å²) in [6.45, 7) is 6.58. The van der Waals surface area contributed by atoms with E-state index in [-0.39, 0.29) is 11.1 Å². The molecule has 0 saturated heterocycles. The molecule has 0 aliphatic heterocycles. The van der Waals surface area contributed by atoms with Crippen LogP contribution in [0.25, 0.3) is 0 Å². The van der Waals surface area contributed by atoms with E-state index >= 15 is 0 Å². The standard InChI is InChI=1S/C14H15F3N2S/c1-14(2,3)13-19-7-9(20-13)6-18-8-4-10(15)12(17)11(16)5-8/h4-5,7,18H,6H2,1-3H3. The largest absolute Gasteiger partial charge is 0.380 e. The van der Waals surface area contributed by atoms with E-state index < -0.39 is 17.5 Å².